The second kappa shape index (κ2) is 9.81. The summed E-state index contributed by atoms with van der Waals surface area (Å²) < 4.78 is 46.8. The third-order valence-electron chi connectivity index (χ3n) is 6.29. The molecule has 0 unspecified atom stereocenters. The number of nitrogens with zero attached hydrogens (tertiary/aromatic N) is 2. The van der Waals surface area contributed by atoms with E-state index < -0.39 is 33.7 Å². The van der Waals surface area contributed by atoms with Gasteiger partial charge in [0.2, 0.25) is 15.9 Å². The summed E-state index contributed by atoms with van der Waals surface area (Å²) in [6, 6.07) is 18.0. The van der Waals surface area contributed by atoms with Crippen molar-refractivity contribution in [3.63, 3.8) is 0 Å². The van der Waals surface area contributed by atoms with Gasteiger partial charge in [0.1, 0.15) is 12.4 Å². The van der Waals surface area contributed by atoms with Crippen molar-refractivity contribution in [2.45, 2.75) is 10.9 Å². The van der Waals surface area contributed by atoms with Crippen LogP contribution < -0.4 is 5.32 Å². The lowest BCUT2D eigenvalue weighted by atomic mass is 9.95. The molecule has 0 aromatic heterocycles. The fraction of sp³-hybridized carbons (Fsp3) is 0.231. The van der Waals surface area contributed by atoms with Gasteiger partial charge in [-0.05, 0) is 48.0 Å². The Morgan fingerprint density at radius 1 is 0.972 bits per heavy atom. The third kappa shape index (κ3) is 4.62. The van der Waals surface area contributed by atoms with Crippen molar-refractivity contribution in [1.82, 2.24) is 9.21 Å². The summed E-state index contributed by atoms with van der Waals surface area (Å²) in [5.74, 6) is -1.39. The maximum absolute atomic E-state index is 14.3. The largest absolute Gasteiger partial charge is 0.379 e. The number of halogens is 1. The molecule has 2 aliphatic rings. The molecule has 0 radical (unpaired) electrons. The molecule has 5 rings (SSSR count). The molecule has 1 atom stereocenters. The standard InChI is InChI=1S/C26H24FN3O5S/c27-20-8-11-23-22(16-20)25(18-4-2-1-3-5-18)30(17-24(31)28-23)26(32)19-6-9-21(10-7-19)36(33,34)29-12-14-35-15-13-29/h1-11,16,25H,12-15,17H2,(H,28,31)/t25-/m1/s1. The van der Waals surface area contributed by atoms with Crippen LogP contribution in [0.3, 0.4) is 0 Å². The van der Waals surface area contributed by atoms with Gasteiger partial charge in [0.05, 0.1) is 24.2 Å². The van der Waals surface area contributed by atoms with Crippen LogP contribution in [0.15, 0.2) is 77.7 Å². The highest BCUT2D eigenvalue weighted by molar-refractivity contribution is 7.89. The highest BCUT2D eigenvalue weighted by atomic mass is 32.2. The lowest BCUT2D eigenvalue weighted by Gasteiger charge is -2.31. The van der Waals surface area contributed by atoms with Crippen LogP contribution in [0.25, 0.3) is 0 Å². The molecule has 2 aliphatic heterocycles. The van der Waals surface area contributed by atoms with Crippen molar-refractivity contribution < 1.29 is 27.1 Å². The van der Waals surface area contributed by atoms with E-state index >= 15 is 0 Å². The number of ether oxygens (including phenoxy) is 1. The first-order valence-corrected chi connectivity index (χ1v) is 12.9. The van der Waals surface area contributed by atoms with Crippen LogP contribution in [0.5, 0.6) is 0 Å². The SMILES string of the molecule is O=C1CN(C(=O)c2ccc(S(=O)(=O)N3CCOCC3)cc2)[C@H](c2ccccc2)c2cc(F)ccc2N1. The predicted molar refractivity (Wildman–Crippen MR) is 130 cm³/mol. The van der Waals surface area contributed by atoms with E-state index in [0.29, 0.717) is 30.0 Å². The molecule has 1 saturated heterocycles. The van der Waals surface area contributed by atoms with E-state index in [4.69, 9.17) is 4.74 Å². The van der Waals surface area contributed by atoms with Crippen molar-refractivity contribution in [3.05, 3.63) is 95.3 Å². The van der Waals surface area contributed by atoms with Gasteiger partial charge in [0, 0.05) is 29.9 Å². The van der Waals surface area contributed by atoms with Gasteiger partial charge in [-0.25, -0.2) is 12.8 Å². The zero-order chi connectivity index (χ0) is 25.3. The fourth-order valence-corrected chi connectivity index (χ4v) is 5.94. The van der Waals surface area contributed by atoms with Crippen molar-refractivity contribution in [2.24, 2.45) is 0 Å². The Morgan fingerprint density at radius 3 is 2.36 bits per heavy atom. The summed E-state index contributed by atoms with van der Waals surface area (Å²) in [5.41, 5.74) is 1.80. The van der Waals surface area contributed by atoms with Crippen LogP contribution in [0.1, 0.15) is 27.5 Å². The van der Waals surface area contributed by atoms with Crippen molar-refractivity contribution in [1.29, 1.82) is 0 Å². The molecule has 36 heavy (non-hydrogen) atoms. The number of hydrogen-bond acceptors (Lipinski definition) is 5. The molecule has 3 aromatic rings. The first-order valence-electron chi connectivity index (χ1n) is 11.5. The van der Waals surface area contributed by atoms with E-state index in [0.717, 1.165) is 0 Å². The first kappa shape index (κ1) is 24.1. The number of hydrogen-bond donors (Lipinski definition) is 1. The molecule has 2 heterocycles. The molecule has 1 N–H and O–H groups in total. The quantitative estimate of drug-likeness (QED) is 0.583. The van der Waals surface area contributed by atoms with Gasteiger partial charge in [0.25, 0.3) is 5.91 Å². The number of anilines is 1. The topological polar surface area (TPSA) is 96.0 Å². The van der Waals surface area contributed by atoms with Crippen molar-refractivity contribution in [2.75, 3.05) is 38.2 Å². The number of carbonyl (C=O) groups is 2. The zero-order valence-electron chi connectivity index (χ0n) is 19.3. The molecule has 0 bridgehead atoms. The average Bonchev–Trinajstić information content (AvgIpc) is 3.05. The van der Waals surface area contributed by atoms with Crippen LogP contribution in [-0.2, 0) is 19.6 Å². The Balaban J connectivity index is 1.52. The van der Waals surface area contributed by atoms with E-state index in [1.165, 1.54) is 51.7 Å². The summed E-state index contributed by atoms with van der Waals surface area (Å²) in [7, 11) is -3.72. The number of carbonyl (C=O) groups excluding carboxylic acids is 2. The summed E-state index contributed by atoms with van der Waals surface area (Å²) in [5, 5.41) is 2.76. The number of fused-ring (bicyclic) bond motifs is 1. The van der Waals surface area contributed by atoms with Gasteiger partial charge in [-0.15, -0.1) is 0 Å². The number of benzene rings is 3. The minimum atomic E-state index is -3.72. The van der Waals surface area contributed by atoms with E-state index in [-0.39, 0.29) is 30.1 Å². The summed E-state index contributed by atoms with van der Waals surface area (Å²) in [4.78, 5) is 27.9. The molecule has 10 heteroatoms. The molecule has 3 aromatic carbocycles. The second-order valence-electron chi connectivity index (χ2n) is 8.57. The van der Waals surface area contributed by atoms with Gasteiger partial charge in [-0.2, -0.15) is 4.31 Å². The van der Waals surface area contributed by atoms with Crippen LogP contribution in [0.2, 0.25) is 0 Å². The van der Waals surface area contributed by atoms with Gasteiger partial charge < -0.3 is 15.0 Å². The maximum atomic E-state index is 14.3. The van der Waals surface area contributed by atoms with Crippen LogP contribution in [-0.4, -0.2) is 62.3 Å². The maximum Gasteiger partial charge on any atom is 0.255 e. The lowest BCUT2D eigenvalue weighted by Crippen LogP contribution is -2.40. The molecule has 8 nitrogen and oxygen atoms in total. The Bertz CT molecular complexity index is 1390. The number of sulfonamides is 1. The Morgan fingerprint density at radius 2 is 1.67 bits per heavy atom. The second-order valence-corrected chi connectivity index (χ2v) is 10.5. The molecule has 2 amide bonds. The van der Waals surface area contributed by atoms with E-state index in [1.54, 1.807) is 0 Å². The Labute approximate surface area is 208 Å². The molecule has 1 fully saturated rings. The molecule has 0 aliphatic carbocycles. The van der Waals surface area contributed by atoms with Crippen LogP contribution in [0, 0.1) is 5.82 Å². The van der Waals surface area contributed by atoms with Crippen LogP contribution >= 0.6 is 0 Å². The number of nitrogens with one attached hydrogen (secondary N) is 1. The highest BCUT2D eigenvalue weighted by Gasteiger charge is 2.34. The van der Waals surface area contributed by atoms with Crippen molar-refractivity contribution >= 4 is 27.5 Å². The number of morpholine rings is 1. The Kier molecular flexibility index (Phi) is 6.57. The predicted octanol–water partition coefficient (Wildman–Crippen LogP) is 3.03. The summed E-state index contributed by atoms with van der Waals surface area (Å²) in [6.07, 6.45) is 0. The molecular weight excluding hydrogens is 485 g/mol. The van der Waals surface area contributed by atoms with Crippen LogP contribution in [0.4, 0.5) is 10.1 Å². The van der Waals surface area contributed by atoms with Gasteiger partial charge in [-0.1, -0.05) is 30.3 Å². The molecular formula is C26H24FN3O5S. The monoisotopic (exact) mass is 509 g/mol. The minimum Gasteiger partial charge on any atom is -0.379 e. The van der Waals surface area contributed by atoms with Gasteiger partial charge in [0.15, 0.2) is 0 Å². The normalized spacial score (nSPS) is 18.8. The van der Waals surface area contributed by atoms with Gasteiger partial charge >= 0.3 is 0 Å². The Hall–Kier alpha value is -3.60. The fourth-order valence-electron chi connectivity index (χ4n) is 4.53. The summed E-state index contributed by atoms with van der Waals surface area (Å²) >= 11 is 0. The van der Waals surface area contributed by atoms with E-state index in [9.17, 15) is 22.4 Å². The number of amides is 2. The zero-order valence-corrected chi connectivity index (χ0v) is 20.1. The molecule has 186 valence electrons. The lowest BCUT2D eigenvalue weighted by molar-refractivity contribution is -0.117. The first-order chi connectivity index (χ1) is 17.3. The van der Waals surface area contributed by atoms with Gasteiger partial charge in [-0.3, -0.25) is 9.59 Å². The summed E-state index contributed by atoms with van der Waals surface area (Å²) in [6.45, 7) is 0.926. The third-order valence-corrected chi connectivity index (χ3v) is 8.21. The smallest absolute Gasteiger partial charge is 0.255 e. The number of rotatable bonds is 4. The van der Waals surface area contributed by atoms with E-state index in [1.807, 2.05) is 30.3 Å². The van der Waals surface area contributed by atoms with E-state index in [2.05, 4.69) is 5.32 Å². The highest BCUT2D eigenvalue weighted by Crippen LogP contribution is 2.37. The molecule has 0 spiro atoms. The average molecular weight is 510 g/mol. The minimum absolute atomic E-state index is 0.0709. The van der Waals surface area contributed by atoms with Crippen molar-refractivity contribution in [3.8, 4) is 0 Å². The molecule has 0 saturated carbocycles.